The third-order valence-corrected chi connectivity index (χ3v) is 2.88. The van der Waals surface area contributed by atoms with Crippen LogP contribution in [0.4, 0.5) is 0 Å². The van der Waals surface area contributed by atoms with Gasteiger partial charge in [0.1, 0.15) is 17.4 Å². The largest absolute Gasteiger partial charge is 0.486 e. The molecule has 0 bridgehead atoms. The highest BCUT2D eigenvalue weighted by molar-refractivity contribution is 9.10. The van der Waals surface area contributed by atoms with Gasteiger partial charge in [0, 0.05) is 9.86 Å². The molecule has 2 heterocycles. The number of rotatable bonds is 0. The van der Waals surface area contributed by atoms with Crippen LogP contribution in [-0.2, 0) is 6.54 Å². The van der Waals surface area contributed by atoms with Crippen molar-refractivity contribution in [2.75, 3.05) is 0 Å². The maximum atomic E-state index is 5.75. The Morgan fingerprint density at radius 1 is 1.57 bits per heavy atom. The summed E-state index contributed by atoms with van der Waals surface area (Å²) in [5.74, 6) is 0.922. The van der Waals surface area contributed by atoms with E-state index < -0.39 is 0 Å². The zero-order valence-electron chi connectivity index (χ0n) is 7.70. The SMILES string of the molecule is CC1Cn2ncc3cc(Br)cc(c32)O1. The fourth-order valence-corrected chi connectivity index (χ4v) is 2.34. The third-order valence-electron chi connectivity index (χ3n) is 2.42. The Morgan fingerprint density at radius 2 is 2.43 bits per heavy atom. The second-order valence-corrected chi connectivity index (χ2v) is 4.51. The molecule has 1 aliphatic rings. The third kappa shape index (κ3) is 1.07. The highest BCUT2D eigenvalue weighted by Crippen LogP contribution is 2.33. The highest BCUT2D eigenvalue weighted by atomic mass is 79.9. The first kappa shape index (κ1) is 8.29. The van der Waals surface area contributed by atoms with E-state index in [1.54, 1.807) is 0 Å². The average Bonchev–Trinajstić information content (AvgIpc) is 2.48. The minimum absolute atomic E-state index is 0.194. The topological polar surface area (TPSA) is 27.1 Å². The van der Waals surface area contributed by atoms with Gasteiger partial charge in [0.05, 0.1) is 12.7 Å². The first-order valence-electron chi connectivity index (χ1n) is 4.56. The van der Waals surface area contributed by atoms with Crippen LogP contribution in [0.5, 0.6) is 5.75 Å². The molecule has 72 valence electrons. The number of benzene rings is 1. The molecule has 4 heteroatoms. The van der Waals surface area contributed by atoms with E-state index in [4.69, 9.17) is 4.74 Å². The lowest BCUT2D eigenvalue weighted by atomic mass is 10.2. The van der Waals surface area contributed by atoms with Crippen LogP contribution in [0.1, 0.15) is 6.92 Å². The molecule has 0 N–H and O–H groups in total. The van der Waals surface area contributed by atoms with Crippen molar-refractivity contribution in [3.8, 4) is 5.75 Å². The van der Waals surface area contributed by atoms with Gasteiger partial charge < -0.3 is 4.74 Å². The molecule has 2 aromatic rings. The number of hydrogen-bond donors (Lipinski definition) is 0. The van der Waals surface area contributed by atoms with Crippen LogP contribution >= 0.6 is 15.9 Å². The van der Waals surface area contributed by atoms with Gasteiger partial charge in [-0.25, -0.2) is 0 Å². The van der Waals surface area contributed by atoms with Crippen LogP contribution in [0.15, 0.2) is 22.8 Å². The first-order valence-corrected chi connectivity index (χ1v) is 5.35. The molecule has 1 aromatic carbocycles. The van der Waals surface area contributed by atoms with E-state index in [2.05, 4.69) is 34.0 Å². The average molecular weight is 253 g/mol. The minimum atomic E-state index is 0.194. The predicted molar refractivity (Wildman–Crippen MR) is 57.5 cm³/mol. The summed E-state index contributed by atoms with van der Waals surface area (Å²) in [5.41, 5.74) is 1.10. The molecule has 1 unspecified atom stereocenters. The normalized spacial score (nSPS) is 19.7. The molecule has 3 rings (SSSR count). The molecule has 3 nitrogen and oxygen atoms in total. The first-order chi connectivity index (χ1) is 6.74. The maximum Gasteiger partial charge on any atom is 0.146 e. The zero-order chi connectivity index (χ0) is 9.71. The number of aromatic nitrogens is 2. The molecule has 1 aliphatic heterocycles. The molecule has 14 heavy (non-hydrogen) atoms. The van der Waals surface area contributed by atoms with Gasteiger partial charge in [-0.2, -0.15) is 5.10 Å². The monoisotopic (exact) mass is 252 g/mol. The molecule has 0 saturated carbocycles. The second-order valence-electron chi connectivity index (χ2n) is 3.60. The van der Waals surface area contributed by atoms with Crippen LogP contribution in [0.3, 0.4) is 0 Å². The lowest BCUT2D eigenvalue weighted by molar-refractivity contribution is 0.183. The molecule has 0 fully saturated rings. The van der Waals surface area contributed by atoms with Gasteiger partial charge in [0.15, 0.2) is 0 Å². The van der Waals surface area contributed by atoms with Gasteiger partial charge in [-0.15, -0.1) is 0 Å². The summed E-state index contributed by atoms with van der Waals surface area (Å²) in [5, 5.41) is 5.46. The summed E-state index contributed by atoms with van der Waals surface area (Å²) in [6.07, 6.45) is 2.07. The van der Waals surface area contributed by atoms with Crippen LogP contribution in [0.2, 0.25) is 0 Å². The number of halogens is 1. The van der Waals surface area contributed by atoms with E-state index in [9.17, 15) is 0 Å². The Kier molecular flexibility index (Phi) is 1.62. The molecule has 1 aromatic heterocycles. The summed E-state index contributed by atoms with van der Waals surface area (Å²) in [4.78, 5) is 0. The molecule has 0 spiro atoms. The van der Waals surface area contributed by atoms with Crippen molar-refractivity contribution in [2.45, 2.75) is 19.6 Å². The summed E-state index contributed by atoms with van der Waals surface area (Å²) >= 11 is 3.46. The van der Waals surface area contributed by atoms with Crippen molar-refractivity contribution in [3.05, 3.63) is 22.8 Å². The van der Waals surface area contributed by atoms with Crippen molar-refractivity contribution >= 4 is 26.8 Å². The zero-order valence-corrected chi connectivity index (χ0v) is 9.28. The summed E-state index contributed by atoms with van der Waals surface area (Å²) in [7, 11) is 0. The van der Waals surface area contributed by atoms with Gasteiger partial charge in [0.2, 0.25) is 0 Å². The minimum Gasteiger partial charge on any atom is -0.486 e. The van der Waals surface area contributed by atoms with Gasteiger partial charge in [-0.1, -0.05) is 15.9 Å². The standard InChI is InChI=1S/C10H9BrN2O/c1-6-5-13-10-7(4-12-13)2-8(11)3-9(10)14-6/h2-4,6H,5H2,1H3. The number of nitrogens with zero attached hydrogens (tertiary/aromatic N) is 2. The lowest BCUT2D eigenvalue weighted by Crippen LogP contribution is -2.24. The van der Waals surface area contributed by atoms with Crippen LogP contribution in [0, 0.1) is 0 Å². The van der Waals surface area contributed by atoms with Crippen LogP contribution in [-0.4, -0.2) is 15.9 Å². The van der Waals surface area contributed by atoms with E-state index in [1.165, 1.54) is 0 Å². The maximum absolute atomic E-state index is 5.75. The fraction of sp³-hybridized carbons (Fsp3) is 0.300. The van der Waals surface area contributed by atoms with Crippen molar-refractivity contribution in [2.24, 2.45) is 0 Å². The molecule has 0 aliphatic carbocycles. The quantitative estimate of drug-likeness (QED) is 0.721. The van der Waals surface area contributed by atoms with Crippen molar-refractivity contribution in [3.63, 3.8) is 0 Å². The van der Waals surface area contributed by atoms with Gasteiger partial charge in [0.25, 0.3) is 0 Å². The Hall–Kier alpha value is -1.03. The van der Waals surface area contributed by atoms with E-state index in [1.807, 2.05) is 16.9 Å². The Labute approximate surface area is 89.8 Å². The Balaban J connectivity index is 2.38. The van der Waals surface area contributed by atoms with Gasteiger partial charge in [-0.3, -0.25) is 4.68 Å². The molecule has 0 saturated heterocycles. The second kappa shape index (κ2) is 2.73. The number of ether oxygens (including phenoxy) is 1. The lowest BCUT2D eigenvalue weighted by Gasteiger charge is -2.22. The summed E-state index contributed by atoms with van der Waals surface area (Å²) < 4.78 is 8.79. The molecular formula is C10H9BrN2O. The van der Waals surface area contributed by atoms with Gasteiger partial charge >= 0.3 is 0 Å². The molecule has 1 atom stereocenters. The van der Waals surface area contributed by atoms with Crippen molar-refractivity contribution in [1.29, 1.82) is 0 Å². The summed E-state index contributed by atoms with van der Waals surface area (Å²) in [6, 6.07) is 4.05. The van der Waals surface area contributed by atoms with Crippen LogP contribution in [0.25, 0.3) is 10.9 Å². The van der Waals surface area contributed by atoms with E-state index in [-0.39, 0.29) is 6.10 Å². The van der Waals surface area contributed by atoms with Crippen molar-refractivity contribution < 1.29 is 4.74 Å². The highest BCUT2D eigenvalue weighted by Gasteiger charge is 2.19. The number of hydrogen-bond acceptors (Lipinski definition) is 2. The smallest absolute Gasteiger partial charge is 0.146 e. The molecule has 0 amide bonds. The van der Waals surface area contributed by atoms with E-state index in [0.29, 0.717) is 0 Å². The fourth-order valence-electron chi connectivity index (χ4n) is 1.88. The summed E-state index contributed by atoms with van der Waals surface area (Å²) in [6.45, 7) is 2.88. The Morgan fingerprint density at radius 3 is 3.29 bits per heavy atom. The van der Waals surface area contributed by atoms with Crippen LogP contribution < -0.4 is 4.74 Å². The van der Waals surface area contributed by atoms with E-state index >= 15 is 0 Å². The molecular weight excluding hydrogens is 244 g/mol. The van der Waals surface area contributed by atoms with Gasteiger partial charge in [-0.05, 0) is 19.1 Å². The Bertz CT molecular complexity index is 506. The predicted octanol–water partition coefficient (Wildman–Crippen LogP) is 2.58. The van der Waals surface area contributed by atoms with Crippen molar-refractivity contribution in [1.82, 2.24) is 9.78 Å². The molecule has 0 radical (unpaired) electrons. The van der Waals surface area contributed by atoms with E-state index in [0.717, 1.165) is 27.7 Å².